The van der Waals surface area contributed by atoms with Crippen LogP contribution in [0.2, 0.25) is 0 Å². The molecule has 0 aromatic heterocycles. The van der Waals surface area contributed by atoms with Gasteiger partial charge in [0.15, 0.2) is 5.79 Å². The summed E-state index contributed by atoms with van der Waals surface area (Å²) < 4.78 is 17.2. The van der Waals surface area contributed by atoms with E-state index in [0.717, 1.165) is 0 Å². The van der Waals surface area contributed by atoms with E-state index in [2.05, 4.69) is 0 Å². The molecule has 8 heteroatoms. The first-order valence-corrected chi connectivity index (χ1v) is 10.8. The highest BCUT2D eigenvalue weighted by Gasteiger charge is 2.75. The number of Topliss-reactive ketones (excluding diaryl/α,β-unsaturated/α-hetero) is 1. The van der Waals surface area contributed by atoms with E-state index in [1.165, 1.54) is 6.26 Å². The SMILES string of the molecule is C[C@H](/C=C/C1=CC2=C(Cl)C(=O)[C@H]3O[C@]4(O)[C@H](C)[C@@H](C)OC(=O)[C@]4(C)[C@H]3C2=CO1)[C@@H](C)O. The minimum Gasteiger partial charge on any atom is -0.465 e. The highest BCUT2D eigenvalue weighted by atomic mass is 35.5. The number of carbonyl (C=O) groups is 2. The number of hydrogen-bond donors (Lipinski definition) is 2. The first-order valence-electron chi connectivity index (χ1n) is 10.4. The molecule has 2 N–H and O–H groups in total. The molecular formula is C23H27ClO7. The fourth-order valence-electron chi connectivity index (χ4n) is 4.79. The lowest BCUT2D eigenvalue weighted by Crippen LogP contribution is -2.63. The third-order valence-corrected chi connectivity index (χ3v) is 7.69. The van der Waals surface area contributed by atoms with E-state index in [1.807, 2.05) is 6.92 Å². The Morgan fingerprint density at radius 2 is 1.94 bits per heavy atom. The van der Waals surface area contributed by atoms with Crippen LogP contribution in [0.5, 0.6) is 0 Å². The van der Waals surface area contributed by atoms with Crippen molar-refractivity contribution in [2.24, 2.45) is 23.2 Å². The summed E-state index contributed by atoms with van der Waals surface area (Å²) in [5.41, 5.74) is -0.580. The Balaban J connectivity index is 1.77. The minimum atomic E-state index is -1.89. The minimum absolute atomic E-state index is 0.0369. The lowest BCUT2D eigenvalue weighted by molar-refractivity contribution is -0.298. The Labute approximate surface area is 186 Å². The van der Waals surface area contributed by atoms with Crippen LogP contribution < -0.4 is 0 Å². The number of carbonyl (C=O) groups excluding carboxylic acids is 2. The number of rotatable bonds is 3. The molecule has 31 heavy (non-hydrogen) atoms. The number of aliphatic hydroxyl groups excluding tert-OH is 1. The summed E-state index contributed by atoms with van der Waals surface area (Å²) in [6, 6.07) is 0. The van der Waals surface area contributed by atoms with Crippen molar-refractivity contribution in [3.8, 4) is 0 Å². The summed E-state index contributed by atoms with van der Waals surface area (Å²) in [5, 5.41) is 21.1. The molecule has 2 fully saturated rings. The standard InChI is InChI=1S/C23H27ClO7/c1-10(12(3)25)6-7-14-8-15-16(9-29-14)17-20(19(26)18(15)24)31-23(28)11(2)13(4)30-21(27)22(17,23)5/h6-13,17,20,25,28H,1-5H3/b7-6+/t10-,11-,12-,13-,17+,20+,22+,23-/m1/s1. The number of ketones is 1. The topological polar surface area (TPSA) is 102 Å². The smallest absolute Gasteiger partial charge is 0.318 e. The number of ether oxygens (including phenoxy) is 3. The normalized spacial score (nSPS) is 41.5. The summed E-state index contributed by atoms with van der Waals surface area (Å²) in [7, 11) is 0. The van der Waals surface area contributed by atoms with Gasteiger partial charge >= 0.3 is 5.97 Å². The molecule has 0 amide bonds. The van der Waals surface area contributed by atoms with Gasteiger partial charge in [-0.3, -0.25) is 9.59 Å². The first-order chi connectivity index (χ1) is 14.4. The van der Waals surface area contributed by atoms with Gasteiger partial charge in [-0.05, 0) is 32.9 Å². The predicted octanol–water partition coefficient (Wildman–Crippen LogP) is 2.72. The molecule has 7 nitrogen and oxygen atoms in total. The molecule has 8 atom stereocenters. The zero-order chi connectivity index (χ0) is 22.9. The molecule has 0 aromatic carbocycles. The molecule has 0 aromatic rings. The quantitative estimate of drug-likeness (QED) is 0.637. The summed E-state index contributed by atoms with van der Waals surface area (Å²) in [6.07, 6.45) is 4.33. The highest BCUT2D eigenvalue weighted by molar-refractivity contribution is 6.44. The monoisotopic (exact) mass is 450 g/mol. The molecule has 0 spiro atoms. The van der Waals surface area contributed by atoms with Crippen molar-refractivity contribution in [3.05, 3.63) is 46.4 Å². The summed E-state index contributed by atoms with van der Waals surface area (Å²) in [4.78, 5) is 26.2. The molecule has 0 bridgehead atoms. The molecule has 0 saturated carbocycles. The van der Waals surface area contributed by atoms with E-state index >= 15 is 0 Å². The second-order valence-electron chi connectivity index (χ2n) is 9.10. The third kappa shape index (κ3) is 2.98. The molecule has 4 aliphatic rings. The fraction of sp³-hybridized carbons (Fsp3) is 0.565. The van der Waals surface area contributed by atoms with Crippen LogP contribution in [0.3, 0.4) is 0 Å². The van der Waals surface area contributed by atoms with Crippen LogP contribution in [0, 0.1) is 23.2 Å². The molecule has 4 rings (SSSR count). The fourth-order valence-corrected chi connectivity index (χ4v) is 5.06. The van der Waals surface area contributed by atoms with Gasteiger partial charge in [-0.1, -0.05) is 31.5 Å². The van der Waals surface area contributed by atoms with Crippen LogP contribution in [0.4, 0.5) is 0 Å². The van der Waals surface area contributed by atoms with Gasteiger partial charge in [0.1, 0.15) is 23.4 Å². The average Bonchev–Trinajstić information content (AvgIpc) is 2.98. The molecule has 3 aliphatic heterocycles. The van der Waals surface area contributed by atoms with E-state index in [9.17, 15) is 19.8 Å². The number of cyclic esters (lactones) is 1. The van der Waals surface area contributed by atoms with Gasteiger partial charge in [0.25, 0.3) is 0 Å². The summed E-state index contributed by atoms with van der Waals surface area (Å²) >= 11 is 6.42. The Bertz CT molecular complexity index is 961. The van der Waals surface area contributed by atoms with Gasteiger partial charge in [-0.15, -0.1) is 0 Å². The van der Waals surface area contributed by atoms with Crippen LogP contribution in [0.15, 0.2) is 46.4 Å². The van der Waals surface area contributed by atoms with Crippen molar-refractivity contribution in [2.45, 2.75) is 58.7 Å². The highest BCUT2D eigenvalue weighted by Crippen LogP contribution is 2.62. The Morgan fingerprint density at radius 3 is 2.58 bits per heavy atom. The van der Waals surface area contributed by atoms with Gasteiger partial charge < -0.3 is 24.4 Å². The van der Waals surface area contributed by atoms with Gasteiger partial charge in [0, 0.05) is 28.9 Å². The van der Waals surface area contributed by atoms with Crippen molar-refractivity contribution in [1.29, 1.82) is 0 Å². The van der Waals surface area contributed by atoms with Gasteiger partial charge in [0.2, 0.25) is 5.78 Å². The molecule has 2 saturated heterocycles. The summed E-state index contributed by atoms with van der Waals surface area (Å²) in [6.45, 7) is 8.53. The van der Waals surface area contributed by atoms with Crippen molar-refractivity contribution >= 4 is 23.4 Å². The lowest BCUT2D eigenvalue weighted by atomic mass is 9.60. The number of halogens is 1. The molecule has 1 aliphatic carbocycles. The zero-order valence-electron chi connectivity index (χ0n) is 18.1. The van der Waals surface area contributed by atoms with E-state index in [4.69, 9.17) is 25.8 Å². The maximum absolute atomic E-state index is 13.1. The Kier molecular flexibility index (Phi) is 5.25. The first kappa shape index (κ1) is 22.3. The van der Waals surface area contributed by atoms with E-state index in [0.29, 0.717) is 16.9 Å². The average molecular weight is 451 g/mol. The van der Waals surface area contributed by atoms with Gasteiger partial charge in [-0.2, -0.15) is 0 Å². The lowest BCUT2D eigenvalue weighted by Gasteiger charge is -2.48. The number of hydrogen-bond acceptors (Lipinski definition) is 7. The maximum atomic E-state index is 13.1. The molecule has 0 radical (unpaired) electrons. The zero-order valence-corrected chi connectivity index (χ0v) is 18.8. The number of esters is 1. The number of aliphatic hydroxyl groups is 2. The van der Waals surface area contributed by atoms with Gasteiger partial charge in [-0.25, -0.2) is 0 Å². The number of allylic oxidation sites excluding steroid dienone is 3. The third-order valence-electron chi connectivity index (χ3n) is 7.30. The van der Waals surface area contributed by atoms with Crippen LogP contribution in [-0.4, -0.2) is 46.1 Å². The van der Waals surface area contributed by atoms with Crippen molar-refractivity contribution in [1.82, 2.24) is 0 Å². The van der Waals surface area contributed by atoms with E-state index in [1.54, 1.807) is 45.9 Å². The predicted molar refractivity (Wildman–Crippen MR) is 111 cm³/mol. The largest absolute Gasteiger partial charge is 0.465 e. The summed E-state index contributed by atoms with van der Waals surface area (Å²) in [5.74, 6) is -4.05. The maximum Gasteiger partial charge on any atom is 0.318 e. The van der Waals surface area contributed by atoms with Crippen molar-refractivity contribution in [2.75, 3.05) is 0 Å². The molecule has 0 unspecified atom stereocenters. The molecule has 3 heterocycles. The second kappa shape index (κ2) is 7.30. The van der Waals surface area contributed by atoms with Crippen LogP contribution >= 0.6 is 11.6 Å². The Hall–Kier alpha value is -1.93. The molecule has 168 valence electrons. The molecular weight excluding hydrogens is 424 g/mol. The van der Waals surface area contributed by atoms with Crippen LogP contribution in [-0.2, 0) is 23.8 Å². The van der Waals surface area contributed by atoms with E-state index < -0.39 is 53.1 Å². The Morgan fingerprint density at radius 1 is 1.26 bits per heavy atom. The van der Waals surface area contributed by atoms with Crippen molar-refractivity contribution < 1.29 is 34.0 Å². The second-order valence-corrected chi connectivity index (χ2v) is 9.48. The van der Waals surface area contributed by atoms with Crippen LogP contribution in [0.1, 0.15) is 34.6 Å². The van der Waals surface area contributed by atoms with Crippen molar-refractivity contribution in [3.63, 3.8) is 0 Å². The van der Waals surface area contributed by atoms with Gasteiger partial charge in [0.05, 0.1) is 17.4 Å². The van der Waals surface area contributed by atoms with Crippen LogP contribution in [0.25, 0.3) is 0 Å². The number of fused-ring (bicyclic) bond motifs is 5. The van der Waals surface area contributed by atoms with E-state index in [-0.39, 0.29) is 11.0 Å².